The lowest BCUT2D eigenvalue weighted by molar-refractivity contribution is 0.0398. The Kier molecular flexibility index (Phi) is 4.66. The van der Waals surface area contributed by atoms with Gasteiger partial charge in [-0.05, 0) is 39.4 Å². The summed E-state index contributed by atoms with van der Waals surface area (Å²) in [7, 11) is 2.18. The van der Waals surface area contributed by atoms with E-state index in [1.807, 2.05) is 13.0 Å². The van der Waals surface area contributed by atoms with E-state index in [9.17, 15) is 0 Å². The molecule has 3 unspecified atom stereocenters. The number of hydrogen-bond donors (Lipinski definition) is 1. The molecule has 1 aromatic rings. The van der Waals surface area contributed by atoms with Gasteiger partial charge in [0.25, 0.3) is 0 Å². The zero-order valence-electron chi connectivity index (χ0n) is 12.6. The first-order chi connectivity index (χ1) is 9.02. The second-order valence-electron chi connectivity index (χ2n) is 5.81. The zero-order valence-corrected chi connectivity index (χ0v) is 12.6. The minimum Gasteiger partial charge on any atom is -0.465 e. The van der Waals surface area contributed by atoms with Gasteiger partial charge in [0.15, 0.2) is 0 Å². The van der Waals surface area contributed by atoms with Crippen LogP contribution in [-0.2, 0) is 0 Å². The van der Waals surface area contributed by atoms with Crippen molar-refractivity contribution in [2.24, 2.45) is 5.73 Å². The molecular formula is C15H27N3O. The predicted molar refractivity (Wildman–Crippen MR) is 78.1 cm³/mol. The summed E-state index contributed by atoms with van der Waals surface area (Å²) in [6.45, 7) is 9.65. The topological polar surface area (TPSA) is 45.6 Å². The van der Waals surface area contributed by atoms with Crippen molar-refractivity contribution in [3.63, 3.8) is 0 Å². The van der Waals surface area contributed by atoms with Gasteiger partial charge in [-0.2, -0.15) is 0 Å². The van der Waals surface area contributed by atoms with Gasteiger partial charge in [-0.3, -0.25) is 4.90 Å². The summed E-state index contributed by atoms with van der Waals surface area (Å²) in [4.78, 5) is 4.88. The molecule has 2 N–H and O–H groups in total. The Labute approximate surface area is 116 Å². The molecule has 4 heteroatoms. The summed E-state index contributed by atoms with van der Waals surface area (Å²) in [6, 6.07) is 4.94. The van der Waals surface area contributed by atoms with E-state index in [2.05, 4.69) is 36.8 Å². The molecule has 0 aliphatic carbocycles. The summed E-state index contributed by atoms with van der Waals surface area (Å²) in [5, 5.41) is 0. The molecule has 3 atom stereocenters. The molecule has 1 aliphatic heterocycles. The molecule has 0 spiro atoms. The highest BCUT2D eigenvalue weighted by Gasteiger charge is 2.33. The standard InChI is InChI=1S/C15H27N3O/c1-5-13(16)15(14-7-6-12(3)19-14)18-9-8-17(4)10-11(18)2/h6-7,11,13,15H,5,8-10,16H2,1-4H3. The van der Waals surface area contributed by atoms with E-state index in [1.54, 1.807) is 0 Å². The molecule has 4 nitrogen and oxygen atoms in total. The van der Waals surface area contributed by atoms with Crippen molar-refractivity contribution in [2.45, 2.75) is 45.3 Å². The average Bonchev–Trinajstić information content (AvgIpc) is 2.78. The molecule has 1 aliphatic rings. The van der Waals surface area contributed by atoms with Crippen LogP contribution < -0.4 is 5.73 Å². The molecule has 19 heavy (non-hydrogen) atoms. The van der Waals surface area contributed by atoms with Crippen LogP contribution in [0.1, 0.15) is 37.8 Å². The first-order valence-electron chi connectivity index (χ1n) is 7.29. The molecule has 1 aromatic heterocycles. The Bertz CT molecular complexity index is 404. The molecular weight excluding hydrogens is 238 g/mol. The average molecular weight is 265 g/mol. The summed E-state index contributed by atoms with van der Waals surface area (Å²) in [6.07, 6.45) is 0.962. The van der Waals surface area contributed by atoms with Crippen LogP contribution in [-0.4, -0.2) is 48.6 Å². The number of nitrogens with two attached hydrogens (primary N) is 1. The third-order valence-corrected chi connectivity index (χ3v) is 4.17. The van der Waals surface area contributed by atoms with Crippen molar-refractivity contribution >= 4 is 0 Å². The predicted octanol–water partition coefficient (Wildman–Crippen LogP) is 2.00. The molecule has 0 saturated carbocycles. The lowest BCUT2D eigenvalue weighted by Gasteiger charge is -2.43. The Morgan fingerprint density at radius 2 is 2.16 bits per heavy atom. The van der Waals surface area contributed by atoms with Gasteiger partial charge in [-0.25, -0.2) is 0 Å². The first-order valence-corrected chi connectivity index (χ1v) is 7.29. The maximum absolute atomic E-state index is 6.37. The number of likely N-dealkylation sites (N-methyl/N-ethyl adjacent to an activating group) is 1. The fourth-order valence-corrected chi connectivity index (χ4v) is 3.02. The first kappa shape index (κ1) is 14.6. The minimum absolute atomic E-state index is 0.122. The lowest BCUT2D eigenvalue weighted by Crippen LogP contribution is -2.54. The highest BCUT2D eigenvalue weighted by Crippen LogP contribution is 2.29. The molecule has 1 saturated heterocycles. The third kappa shape index (κ3) is 3.19. The van der Waals surface area contributed by atoms with Gasteiger partial charge < -0.3 is 15.1 Å². The van der Waals surface area contributed by atoms with Gasteiger partial charge >= 0.3 is 0 Å². The summed E-state index contributed by atoms with van der Waals surface area (Å²) in [5.74, 6) is 1.98. The summed E-state index contributed by atoms with van der Waals surface area (Å²) >= 11 is 0. The van der Waals surface area contributed by atoms with E-state index in [-0.39, 0.29) is 12.1 Å². The number of hydrogen-bond acceptors (Lipinski definition) is 4. The number of piperazine rings is 1. The monoisotopic (exact) mass is 265 g/mol. The lowest BCUT2D eigenvalue weighted by atomic mass is 9.99. The SMILES string of the molecule is CCC(N)C(c1ccc(C)o1)N1CCN(C)CC1C. The van der Waals surface area contributed by atoms with E-state index in [0.717, 1.165) is 37.6 Å². The second kappa shape index (κ2) is 6.07. The maximum atomic E-state index is 6.37. The van der Waals surface area contributed by atoms with Gasteiger partial charge in [0.05, 0.1) is 6.04 Å². The maximum Gasteiger partial charge on any atom is 0.122 e. The molecule has 108 valence electrons. The Balaban J connectivity index is 2.22. The van der Waals surface area contributed by atoms with E-state index >= 15 is 0 Å². The van der Waals surface area contributed by atoms with Crippen molar-refractivity contribution in [3.05, 3.63) is 23.7 Å². The van der Waals surface area contributed by atoms with Crippen LogP contribution in [0.2, 0.25) is 0 Å². The molecule has 0 amide bonds. The van der Waals surface area contributed by atoms with Crippen LogP contribution in [0.3, 0.4) is 0 Å². The van der Waals surface area contributed by atoms with Gasteiger partial charge in [0, 0.05) is 31.7 Å². The fourth-order valence-electron chi connectivity index (χ4n) is 3.02. The molecule has 0 bridgehead atoms. The zero-order chi connectivity index (χ0) is 14.0. The Hall–Kier alpha value is -0.840. The third-order valence-electron chi connectivity index (χ3n) is 4.17. The number of aryl methyl sites for hydroxylation is 1. The molecule has 0 radical (unpaired) electrons. The largest absolute Gasteiger partial charge is 0.465 e. The fraction of sp³-hybridized carbons (Fsp3) is 0.733. The van der Waals surface area contributed by atoms with Crippen molar-refractivity contribution in [3.8, 4) is 0 Å². The van der Waals surface area contributed by atoms with E-state index in [0.29, 0.717) is 6.04 Å². The molecule has 0 aromatic carbocycles. The Morgan fingerprint density at radius 3 is 2.68 bits per heavy atom. The van der Waals surface area contributed by atoms with Crippen molar-refractivity contribution < 1.29 is 4.42 Å². The number of furan rings is 1. The van der Waals surface area contributed by atoms with Crippen LogP contribution >= 0.6 is 0 Å². The van der Waals surface area contributed by atoms with Gasteiger partial charge in [-0.1, -0.05) is 6.92 Å². The van der Waals surface area contributed by atoms with E-state index < -0.39 is 0 Å². The molecule has 2 rings (SSSR count). The second-order valence-corrected chi connectivity index (χ2v) is 5.81. The Morgan fingerprint density at radius 1 is 1.42 bits per heavy atom. The van der Waals surface area contributed by atoms with Crippen LogP contribution in [0.15, 0.2) is 16.5 Å². The highest BCUT2D eigenvalue weighted by atomic mass is 16.3. The van der Waals surface area contributed by atoms with Crippen molar-refractivity contribution in [1.29, 1.82) is 0 Å². The number of nitrogens with zero attached hydrogens (tertiary/aromatic N) is 2. The van der Waals surface area contributed by atoms with Crippen molar-refractivity contribution in [1.82, 2.24) is 9.80 Å². The van der Waals surface area contributed by atoms with Crippen LogP contribution in [0.5, 0.6) is 0 Å². The van der Waals surface area contributed by atoms with Crippen LogP contribution in [0.4, 0.5) is 0 Å². The minimum atomic E-state index is 0.122. The quantitative estimate of drug-likeness (QED) is 0.904. The van der Waals surface area contributed by atoms with E-state index in [1.165, 1.54) is 0 Å². The summed E-state index contributed by atoms with van der Waals surface area (Å²) in [5.41, 5.74) is 6.37. The van der Waals surface area contributed by atoms with Gasteiger partial charge in [0.1, 0.15) is 11.5 Å². The summed E-state index contributed by atoms with van der Waals surface area (Å²) < 4.78 is 5.86. The van der Waals surface area contributed by atoms with Crippen molar-refractivity contribution in [2.75, 3.05) is 26.7 Å². The smallest absolute Gasteiger partial charge is 0.122 e. The highest BCUT2D eigenvalue weighted by molar-refractivity contribution is 5.13. The molecule has 1 fully saturated rings. The van der Waals surface area contributed by atoms with Gasteiger partial charge in [-0.15, -0.1) is 0 Å². The van der Waals surface area contributed by atoms with E-state index in [4.69, 9.17) is 10.2 Å². The van der Waals surface area contributed by atoms with Gasteiger partial charge in [0.2, 0.25) is 0 Å². The van der Waals surface area contributed by atoms with Crippen LogP contribution in [0.25, 0.3) is 0 Å². The molecule has 2 heterocycles. The van der Waals surface area contributed by atoms with Crippen LogP contribution in [0, 0.1) is 6.92 Å². The normalized spacial score (nSPS) is 25.4. The number of rotatable bonds is 4.